The van der Waals surface area contributed by atoms with Crippen molar-refractivity contribution in [2.75, 3.05) is 20.1 Å². The molecule has 1 heterocycles. The van der Waals surface area contributed by atoms with Crippen LogP contribution in [0.5, 0.6) is 0 Å². The summed E-state index contributed by atoms with van der Waals surface area (Å²) in [4.78, 5) is 2.43. The third-order valence-corrected chi connectivity index (χ3v) is 3.82. The van der Waals surface area contributed by atoms with Crippen LogP contribution in [0.3, 0.4) is 0 Å². The number of rotatable bonds is 3. The Morgan fingerprint density at radius 2 is 2.00 bits per heavy atom. The summed E-state index contributed by atoms with van der Waals surface area (Å²) in [5.41, 5.74) is 1.08. The lowest BCUT2D eigenvalue weighted by molar-refractivity contribution is 0.155. The number of likely N-dealkylation sites (tertiary alicyclic amines) is 1. The fourth-order valence-electron chi connectivity index (χ4n) is 2.55. The molecule has 0 amide bonds. The number of nitrogens with zero attached hydrogens (tertiary/aromatic N) is 1. The molecule has 4 heteroatoms. The average molecular weight is 273 g/mol. The molecule has 1 N–H and O–H groups in total. The van der Waals surface area contributed by atoms with E-state index >= 15 is 0 Å². The van der Waals surface area contributed by atoms with E-state index in [0.717, 1.165) is 18.7 Å². The van der Waals surface area contributed by atoms with Gasteiger partial charge in [-0.15, -0.1) is 12.4 Å². The van der Waals surface area contributed by atoms with Crippen molar-refractivity contribution in [3.63, 3.8) is 0 Å². The van der Waals surface area contributed by atoms with Crippen LogP contribution < -0.4 is 5.32 Å². The number of hydrogen-bond acceptors (Lipinski definition) is 2. The second kappa shape index (κ2) is 7.07. The number of benzene rings is 1. The van der Waals surface area contributed by atoms with Crippen LogP contribution in [0.4, 0.5) is 4.39 Å². The minimum atomic E-state index is -0.139. The molecule has 1 fully saturated rings. The standard InChI is InChI=1S/C14H21FN2.ClH/c1-11(12-4-3-5-13(15)10-12)17-8-6-14(16-2)7-9-17;/h3-5,10-11,14,16H,6-9H2,1-2H3;1H. The van der Waals surface area contributed by atoms with E-state index in [1.165, 1.54) is 18.9 Å². The lowest BCUT2D eigenvalue weighted by Gasteiger charge is -2.36. The van der Waals surface area contributed by atoms with Gasteiger partial charge in [-0.3, -0.25) is 4.90 Å². The van der Waals surface area contributed by atoms with Gasteiger partial charge in [0.2, 0.25) is 0 Å². The molecule has 18 heavy (non-hydrogen) atoms. The first-order valence-electron chi connectivity index (χ1n) is 6.37. The van der Waals surface area contributed by atoms with Crippen LogP contribution in [0.15, 0.2) is 24.3 Å². The van der Waals surface area contributed by atoms with Gasteiger partial charge in [0.15, 0.2) is 0 Å². The topological polar surface area (TPSA) is 15.3 Å². The summed E-state index contributed by atoms with van der Waals surface area (Å²) < 4.78 is 13.2. The van der Waals surface area contributed by atoms with E-state index in [4.69, 9.17) is 0 Å². The summed E-state index contributed by atoms with van der Waals surface area (Å²) >= 11 is 0. The van der Waals surface area contributed by atoms with Crippen LogP contribution in [-0.2, 0) is 0 Å². The number of piperidine rings is 1. The van der Waals surface area contributed by atoms with Gasteiger partial charge in [0, 0.05) is 25.2 Å². The van der Waals surface area contributed by atoms with Gasteiger partial charge in [0.25, 0.3) is 0 Å². The fourth-order valence-corrected chi connectivity index (χ4v) is 2.55. The second-order valence-electron chi connectivity index (χ2n) is 4.83. The van der Waals surface area contributed by atoms with Crippen molar-refractivity contribution in [2.24, 2.45) is 0 Å². The monoisotopic (exact) mass is 272 g/mol. The summed E-state index contributed by atoms with van der Waals surface area (Å²) in [6.07, 6.45) is 2.35. The van der Waals surface area contributed by atoms with Crippen LogP contribution in [-0.4, -0.2) is 31.1 Å². The molecule has 1 aliphatic heterocycles. The summed E-state index contributed by atoms with van der Waals surface area (Å²) in [5, 5.41) is 3.33. The third-order valence-electron chi connectivity index (χ3n) is 3.82. The Balaban J connectivity index is 0.00000162. The normalized spacial score (nSPS) is 19.3. The Kier molecular flexibility index (Phi) is 6.06. The van der Waals surface area contributed by atoms with E-state index in [1.807, 2.05) is 13.1 Å². The van der Waals surface area contributed by atoms with E-state index in [0.29, 0.717) is 12.1 Å². The van der Waals surface area contributed by atoms with Gasteiger partial charge in [-0.2, -0.15) is 0 Å². The van der Waals surface area contributed by atoms with Gasteiger partial charge in [-0.1, -0.05) is 12.1 Å². The van der Waals surface area contributed by atoms with Crippen molar-refractivity contribution in [1.29, 1.82) is 0 Å². The van der Waals surface area contributed by atoms with Crippen LogP contribution in [0, 0.1) is 5.82 Å². The maximum absolute atomic E-state index is 13.2. The highest BCUT2D eigenvalue weighted by atomic mass is 35.5. The summed E-state index contributed by atoms with van der Waals surface area (Å²) in [5.74, 6) is -0.139. The zero-order valence-electron chi connectivity index (χ0n) is 11.0. The van der Waals surface area contributed by atoms with Crippen molar-refractivity contribution in [1.82, 2.24) is 10.2 Å². The van der Waals surface area contributed by atoms with E-state index in [9.17, 15) is 4.39 Å². The van der Waals surface area contributed by atoms with Crippen LogP contribution in [0.1, 0.15) is 31.4 Å². The molecule has 1 aromatic carbocycles. The molecule has 1 saturated heterocycles. The SMILES string of the molecule is CNC1CCN(C(C)c2cccc(F)c2)CC1.Cl. The zero-order chi connectivity index (χ0) is 12.3. The van der Waals surface area contributed by atoms with Gasteiger partial charge in [0.1, 0.15) is 5.82 Å². The van der Waals surface area contributed by atoms with E-state index < -0.39 is 0 Å². The minimum Gasteiger partial charge on any atom is -0.317 e. The summed E-state index contributed by atoms with van der Waals surface area (Å²) in [6.45, 7) is 4.33. The molecule has 0 bridgehead atoms. The molecule has 0 aliphatic carbocycles. The van der Waals surface area contributed by atoms with Crippen molar-refractivity contribution >= 4 is 12.4 Å². The molecule has 0 saturated carbocycles. The molecule has 1 aliphatic rings. The Hall–Kier alpha value is -0.640. The van der Waals surface area contributed by atoms with Crippen molar-refractivity contribution in [3.05, 3.63) is 35.6 Å². The van der Waals surface area contributed by atoms with E-state index in [2.05, 4.69) is 17.1 Å². The highest BCUT2D eigenvalue weighted by Crippen LogP contribution is 2.24. The molecule has 0 aromatic heterocycles. The van der Waals surface area contributed by atoms with E-state index in [-0.39, 0.29) is 18.2 Å². The summed E-state index contributed by atoms with van der Waals surface area (Å²) in [6, 6.07) is 7.91. The quantitative estimate of drug-likeness (QED) is 0.910. The Bertz CT molecular complexity index is 365. The summed E-state index contributed by atoms with van der Waals surface area (Å²) in [7, 11) is 2.02. The molecule has 1 unspecified atom stereocenters. The smallest absolute Gasteiger partial charge is 0.123 e. The second-order valence-corrected chi connectivity index (χ2v) is 4.83. The molecule has 0 spiro atoms. The predicted octanol–water partition coefficient (Wildman–Crippen LogP) is 2.99. The van der Waals surface area contributed by atoms with Gasteiger partial charge in [-0.25, -0.2) is 4.39 Å². The van der Waals surface area contributed by atoms with Crippen molar-refractivity contribution in [2.45, 2.75) is 31.8 Å². The molecule has 2 nitrogen and oxygen atoms in total. The maximum Gasteiger partial charge on any atom is 0.123 e. The van der Waals surface area contributed by atoms with Crippen LogP contribution in [0.2, 0.25) is 0 Å². The minimum absolute atomic E-state index is 0. The van der Waals surface area contributed by atoms with Gasteiger partial charge < -0.3 is 5.32 Å². The fraction of sp³-hybridized carbons (Fsp3) is 0.571. The Morgan fingerprint density at radius 3 is 2.56 bits per heavy atom. The van der Waals surface area contributed by atoms with Crippen molar-refractivity contribution < 1.29 is 4.39 Å². The van der Waals surface area contributed by atoms with Gasteiger partial charge in [0.05, 0.1) is 0 Å². The molecule has 1 aromatic rings. The van der Waals surface area contributed by atoms with Crippen LogP contribution in [0.25, 0.3) is 0 Å². The highest BCUT2D eigenvalue weighted by molar-refractivity contribution is 5.85. The first-order valence-corrected chi connectivity index (χ1v) is 6.37. The molecule has 2 rings (SSSR count). The van der Waals surface area contributed by atoms with Crippen LogP contribution >= 0.6 is 12.4 Å². The first-order chi connectivity index (χ1) is 8.20. The molecule has 102 valence electrons. The molecule has 1 atom stereocenters. The Labute approximate surface area is 115 Å². The van der Waals surface area contributed by atoms with Gasteiger partial charge in [-0.05, 0) is 44.5 Å². The lowest BCUT2D eigenvalue weighted by Crippen LogP contribution is -2.42. The zero-order valence-corrected chi connectivity index (χ0v) is 11.8. The Morgan fingerprint density at radius 1 is 1.33 bits per heavy atom. The largest absolute Gasteiger partial charge is 0.317 e. The predicted molar refractivity (Wildman–Crippen MR) is 75.7 cm³/mol. The third kappa shape index (κ3) is 3.67. The van der Waals surface area contributed by atoms with Gasteiger partial charge >= 0.3 is 0 Å². The molecular formula is C14H22ClFN2. The first kappa shape index (κ1) is 15.4. The average Bonchev–Trinajstić information content (AvgIpc) is 2.38. The molecule has 0 radical (unpaired) electrons. The number of nitrogens with one attached hydrogen (secondary N) is 1. The lowest BCUT2D eigenvalue weighted by atomic mass is 10.0. The maximum atomic E-state index is 13.2. The van der Waals surface area contributed by atoms with E-state index in [1.54, 1.807) is 12.1 Å². The number of hydrogen-bond donors (Lipinski definition) is 1. The van der Waals surface area contributed by atoms with Crippen molar-refractivity contribution in [3.8, 4) is 0 Å². The highest BCUT2D eigenvalue weighted by Gasteiger charge is 2.22. The molecular weight excluding hydrogens is 251 g/mol. The number of halogens is 2.